The van der Waals surface area contributed by atoms with Crippen molar-refractivity contribution in [2.75, 3.05) is 11.4 Å². The SMILES string of the molecule is Cc1cc(N2CCC[C@H]2c2cc(CCC(N)=O)nc(C)n2)ncn1. The number of aryl methyl sites for hydroxylation is 3. The molecule has 1 aliphatic heterocycles. The molecule has 2 N–H and O–H groups in total. The summed E-state index contributed by atoms with van der Waals surface area (Å²) in [6, 6.07) is 4.17. The van der Waals surface area contributed by atoms with E-state index in [0.717, 1.165) is 48.1 Å². The molecule has 0 radical (unpaired) electrons. The smallest absolute Gasteiger partial charge is 0.217 e. The predicted octanol–water partition coefficient (Wildman–Crippen LogP) is 1.64. The lowest BCUT2D eigenvalue weighted by Crippen LogP contribution is -2.25. The van der Waals surface area contributed by atoms with E-state index < -0.39 is 0 Å². The molecule has 2 aromatic heterocycles. The molecular formula is C17H22N6O. The maximum absolute atomic E-state index is 11.0. The van der Waals surface area contributed by atoms with Crippen LogP contribution < -0.4 is 10.6 Å². The number of amides is 1. The Morgan fingerprint density at radius 1 is 1.29 bits per heavy atom. The zero-order chi connectivity index (χ0) is 17.1. The number of nitrogens with two attached hydrogens (primary N) is 1. The zero-order valence-electron chi connectivity index (χ0n) is 14.1. The molecule has 0 saturated carbocycles. The van der Waals surface area contributed by atoms with E-state index in [0.29, 0.717) is 12.8 Å². The van der Waals surface area contributed by atoms with Gasteiger partial charge in [0, 0.05) is 30.4 Å². The van der Waals surface area contributed by atoms with Gasteiger partial charge in [-0.1, -0.05) is 0 Å². The fraction of sp³-hybridized carbons (Fsp3) is 0.471. The molecule has 0 spiro atoms. The average molecular weight is 326 g/mol. The van der Waals surface area contributed by atoms with Gasteiger partial charge in [-0.15, -0.1) is 0 Å². The normalized spacial score (nSPS) is 17.2. The fourth-order valence-corrected chi connectivity index (χ4v) is 3.15. The average Bonchev–Trinajstić information content (AvgIpc) is 3.02. The highest BCUT2D eigenvalue weighted by molar-refractivity contribution is 5.73. The maximum atomic E-state index is 11.0. The maximum Gasteiger partial charge on any atom is 0.217 e. The zero-order valence-corrected chi connectivity index (χ0v) is 14.1. The Morgan fingerprint density at radius 2 is 2.12 bits per heavy atom. The second-order valence-corrected chi connectivity index (χ2v) is 6.17. The summed E-state index contributed by atoms with van der Waals surface area (Å²) in [6.45, 7) is 4.79. The van der Waals surface area contributed by atoms with Gasteiger partial charge in [0.15, 0.2) is 0 Å². The van der Waals surface area contributed by atoms with E-state index in [1.54, 1.807) is 6.33 Å². The predicted molar refractivity (Wildman–Crippen MR) is 90.4 cm³/mol. The molecule has 0 aliphatic carbocycles. The van der Waals surface area contributed by atoms with Crippen LogP contribution in [0.15, 0.2) is 18.5 Å². The van der Waals surface area contributed by atoms with Gasteiger partial charge in [-0.2, -0.15) is 0 Å². The van der Waals surface area contributed by atoms with Crippen molar-refractivity contribution in [3.05, 3.63) is 41.4 Å². The van der Waals surface area contributed by atoms with Gasteiger partial charge in [-0.3, -0.25) is 4.79 Å². The van der Waals surface area contributed by atoms with Gasteiger partial charge < -0.3 is 10.6 Å². The van der Waals surface area contributed by atoms with Crippen molar-refractivity contribution in [3.63, 3.8) is 0 Å². The molecule has 24 heavy (non-hydrogen) atoms. The molecule has 0 aromatic carbocycles. The van der Waals surface area contributed by atoms with Crippen LogP contribution in [0.2, 0.25) is 0 Å². The molecule has 3 rings (SSSR count). The highest BCUT2D eigenvalue weighted by Gasteiger charge is 2.29. The summed E-state index contributed by atoms with van der Waals surface area (Å²) in [5, 5.41) is 0. The number of hydrogen-bond acceptors (Lipinski definition) is 6. The van der Waals surface area contributed by atoms with E-state index in [-0.39, 0.29) is 11.9 Å². The largest absolute Gasteiger partial charge is 0.370 e. The second kappa shape index (κ2) is 6.90. The van der Waals surface area contributed by atoms with E-state index in [1.807, 2.05) is 26.0 Å². The molecule has 2 aromatic rings. The molecule has 1 amide bonds. The first-order valence-electron chi connectivity index (χ1n) is 8.21. The number of primary amides is 1. The molecule has 126 valence electrons. The van der Waals surface area contributed by atoms with Crippen LogP contribution in [0.4, 0.5) is 5.82 Å². The van der Waals surface area contributed by atoms with Gasteiger partial charge in [0.05, 0.1) is 11.7 Å². The number of nitrogens with zero attached hydrogens (tertiary/aromatic N) is 5. The third-order valence-corrected chi connectivity index (χ3v) is 4.22. The first-order valence-corrected chi connectivity index (χ1v) is 8.21. The van der Waals surface area contributed by atoms with Crippen LogP contribution in [0.5, 0.6) is 0 Å². The topological polar surface area (TPSA) is 97.9 Å². The van der Waals surface area contributed by atoms with Gasteiger partial charge >= 0.3 is 0 Å². The van der Waals surface area contributed by atoms with Crippen molar-refractivity contribution in [2.24, 2.45) is 5.73 Å². The monoisotopic (exact) mass is 326 g/mol. The third kappa shape index (κ3) is 3.67. The summed E-state index contributed by atoms with van der Waals surface area (Å²) in [6.07, 6.45) is 4.56. The molecule has 7 heteroatoms. The fourth-order valence-electron chi connectivity index (χ4n) is 3.15. The Kier molecular flexibility index (Phi) is 4.69. The van der Waals surface area contributed by atoms with Crippen LogP contribution in [0.1, 0.15) is 48.2 Å². The van der Waals surface area contributed by atoms with Crippen LogP contribution in [0.25, 0.3) is 0 Å². The van der Waals surface area contributed by atoms with Gasteiger partial charge in [-0.05, 0) is 39.2 Å². The first kappa shape index (κ1) is 16.3. The van der Waals surface area contributed by atoms with Crippen LogP contribution in [-0.2, 0) is 11.2 Å². The lowest BCUT2D eigenvalue weighted by molar-refractivity contribution is -0.118. The molecule has 0 unspecified atom stereocenters. The Bertz CT molecular complexity index is 748. The van der Waals surface area contributed by atoms with E-state index in [9.17, 15) is 4.79 Å². The van der Waals surface area contributed by atoms with Crippen molar-refractivity contribution < 1.29 is 4.79 Å². The molecule has 0 bridgehead atoms. The van der Waals surface area contributed by atoms with Crippen molar-refractivity contribution in [1.29, 1.82) is 0 Å². The lowest BCUT2D eigenvalue weighted by atomic mass is 10.1. The number of hydrogen-bond donors (Lipinski definition) is 1. The van der Waals surface area contributed by atoms with Gasteiger partial charge in [0.2, 0.25) is 5.91 Å². The minimum absolute atomic E-state index is 0.174. The van der Waals surface area contributed by atoms with Gasteiger partial charge in [0.25, 0.3) is 0 Å². The highest BCUT2D eigenvalue weighted by atomic mass is 16.1. The molecule has 1 atom stereocenters. The molecular weight excluding hydrogens is 304 g/mol. The van der Waals surface area contributed by atoms with E-state index in [1.165, 1.54) is 0 Å². The van der Waals surface area contributed by atoms with Gasteiger partial charge in [0.1, 0.15) is 18.0 Å². The van der Waals surface area contributed by atoms with Crippen molar-refractivity contribution in [1.82, 2.24) is 19.9 Å². The van der Waals surface area contributed by atoms with E-state index in [2.05, 4.69) is 24.8 Å². The molecule has 1 fully saturated rings. The second-order valence-electron chi connectivity index (χ2n) is 6.17. The summed E-state index contributed by atoms with van der Waals surface area (Å²) in [4.78, 5) is 30.9. The van der Waals surface area contributed by atoms with Crippen molar-refractivity contribution >= 4 is 11.7 Å². The molecule has 3 heterocycles. The van der Waals surface area contributed by atoms with Crippen molar-refractivity contribution in [2.45, 2.75) is 45.6 Å². The summed E-state index contributed by atoms with van der Waals surface area (Å²) in [5.74, 6) is 1.34. The van der Waals surface area contributed by atoms with E-state index >= 15 is 0 Å². The number of anilines is 1. The number of aromatic nitrogens is 4. The quantitative estimate of drug-likeness (QED) is 0.897. The number of carbonyl (C=O) groups excluding carboxylic acids is 1. The van der Waals surface area contributed by atoms with Crippen LogP contribution in [0, 0.1) is 13.8 Å². The summed E-state index contributed by atoms with van der Waals surface area (Å²) in [7, 11) is 0. The van der Waals surface area contributed by atoms with Crippen LogP contribution in [0.3, 0.4) is 0 Å². The number of rotatable bonds is 5. The Morgan fingerprint density at radius 3 is 2.88 bits per heavy atom. The van der Waals surface area contributed by atoms with Crippen molar-refractivity contribution in [3.8, 4) is 0 Å². The lowest BCUT2D eigenvalue weighted by Gasteiger charge is -2.25. The molecule has 1 saturated heterocycles. The van der Waals surface area contributed by atoms with Crippen LogP contribution in [-0.4, -0.2) is 32.4 Å². The molecule has 7 nitrogen and oxygen atoms in total. The minimum Gasteiger partial charge on any atom is -0.370 e. The Labute approximate surface area is 141 Å². The summed E-state index contributed by atoms with van der Waals surface area (Å²) >= 11 is 0. The Hall–Kier alpha value is -2.57. The van der Waals surface area contributed by atoms with Crippen LogP contribution >= 0.6 is 0 Å². The Balaban J connectivity index is 1.88. The van der Waals surface area contributed by atoms with Gasteiger partial charge in [-0.25, -0.2) is 19.9 Å². The summed E-state index contributed by atoms with van der Waals surface area (Å²) < 4.78 is 0. The molecule has 1 aliphatic rings. The van der Waals surface area contributed by atoms with E-state index in [4.69, 9.17) is 5.73 Å². The standard InChI is InChI=1S/C17H22N6O/c1-11-8-17(20-10-19-11)23-7-3-4-15(23)14-9-13(5-6-16(18)24)21-12(2)22-14/h8-10,15H,3-7H2,1-2H3,(H2,18,24)/t15-/m0/s1. The number of carbonyl (C=O) groups is 1. The first-order chi connectivity index (χ1) is 11.5. The summed E-state index contributed by atoms with van der Waals surface area (Å²) in [5.41, 5.74) is 8.04. The minimum atomic E-state index is -0.313. The highest BCUT2D eigenvalue weighted by Crippen LogP contribution is 2.34. The third-order valence-electron chi connectivity index (χ3n) is 4.22.